The average Bonchev–Trinajstić information content (AvgIpc) is 2.23. The molecule has 0 spiro atoms. The Morgan fingerprint density at radius 3 is 2.76 bits per heavy atom. The standard InChI is InChI=1S/C10H10BrFN2O3/c11-6-1-2-7(12)8(5-6)14-10(17)13-4-3-9(15)16/h1-2,5H,3-4H2,(H,15,16)(H2,13,14,17). The second-order valence-electron chi connectivity index (χ2n) is 3.15. The van der Waals surface area contributed by atoms with E-state index in [9.17, 15) is 14.0 Å². The molecule has 0 unspecified atom stereocenters. The van der Waals surface area contributed by atoms with Crippen LogP contribution in [-0.2, 0) is 4.79 Å². The summed E-state index contributed by atoms with van der Waals surface area (Å²) in [7, 11) is 0. The molecule has 0 heterocycles. The van der Waals surface area contributed by atoms with Gasteiger partial charge in [-0.2, -0.15) is 0 Å². The number of benzene rings is 1. The monoisotopic (exact) mass is 304 g/mol. The highest BCUT2D eigenvalue weighted by atomic mass is 79.9. The molecule has 0 radical (unpaired) electrons. The van der Waals surface area contributed by atoms with E-state index in [0.717, 1.165) is 0 Å². The van der Waals surface area contributed by atoms with E-state index >= 15 is 0 Å². The topological polar surface area (TPSA) is 78.4 Å². The zero-order valence-electron chi connectivity index (χ0n) is 8.67. The Labute approximate surface area is 105 Å². The van der Waals surface area contributed by atoms with Crippen molar-refractivity contribution in [3.63, 3.8) is 0 Å². The first-order valence-corrected chi connectivity index (χ1v) is 5.50. The van der Waals surface area contributed by atoms with E-state index in [4.69, 9.17) is 5.11 Å². The number of carboxylic acids is 1. The number of hydrogen-bond acceptors (Lipinski definition) is 2. The minimum absolute atomic E-state index is 0.0171. The molecular weight excluding hydrogens is 295 g/mol. The van der Waals surface area contributed by atoms with Gasteiger partial charge in [-0.15, -0.1) is 0 Å². The van der Waals surface area contributed by atoms with E-state index < -0.39 is 17.8 Å². The maximum Gasteiger partial charge on any atom is 0.319 e. The molecule has 7 heteroatoms. The Morgan fingerprint density at radius 2 is 2.12 bits per heavy atom. The Balaban J connectivity index is 2.50. The van der Waals surface area contributed by atoms with Gasteiger partial charge in [-0.05, 0) is 18.2 Å². The predicted octanol–water partition coefficient (Wildman–Crippen LogP) is 2.18. The molecule has 3 N–H and O–H groups in total. The van der Waals surface area contributed by atoms with Crippen molar-refractivity contribution in [2.24, 2.45) is 0 Å². The first kappa shape index (κ1) is 13.4. The molecule has 5 nitrogen and oxygen atoms in total. The normalized spacial score (nSPS) is 9.76. The van der Waals surface area contributed by atoms with Crippen LogP contribution in [0.15, 0.2) is 22.7 Å². The van der Waals surface area contributed by atoms with Crippen molar-refractivity contribution < 1.29 is 19.1 Å². The summed E-state index contributed by atoms with van der Waals surface area (Å²) >= 11 is 3.14. The second kappa shape index (κ2) is 6.19. The van der Waals surface area contributed by atoms with Crippen LogP contribution >= 0.6 is 15.9 Å². The fraction of sp³-hybridized carbons (Fsp3) is 0.200. The summed E-state index contributed by atoms with van der Waals surface area (Å²) in [6.07, 6.45) is -0.186. The molecule has 0 aliphatic carbocycles. The van der Waals surface area contributed by atoms with Crippen molar-refractivity contribution in [3.8, 4) is 0 Å². The number of aliphatic carboxylic acids is 1. The average molecular weight is 305 g/mol. The quantitative estimate of drug-likeness (QED) is 0.798. The van der Waals surface area contributed by atoms with Crippen LogP contribution in [0.25, 0.3) is 0 Å². The fourth-order valence-electron chi connectivity index (χ4n) is 1.04. The number of rotatable bonds is 4. The largest absolute Gasteiger partial charge is 0.481 e. The third-order valence-electron chi connectivity index (χ3n) is 1.80. The molecular formula is C10H10BrFN2O3. The lowest BCUT2D eigenvalue weighted by Crippen LogP contribution is -2.30. The highest BCUT2D eigenvalue weighted by Crippen LogP contribution is 2.19. The van der Waals surface area contributed by atoms with Gasteiger partial charge in [0.25, 0.3) is 0 Å². The Kier molecular flexibility index (Phi) is 4.89. The molecule has 92 valence electrons. The predicted molar refractivity (Wildman–Crippen MR) is 63.4 cm³/mol. The van der Waals surface area contributed by atoms with Crippen molar-refractivity contribution in [1.29, 1.82) is 0 Å². The van der Waals surface area contributed by atoms with E-state index in [2.05, 4.69) is 26.6 Å². The minimum Gasteiger partial charge on any atom is -0.481 e. The molecule has 0 saturated heterocycles. The molecule has 1 aromatic rings. The molecule has 17 heavy (non-hydrogen) atoms. The van der Waals surface area contributed by atoms with Crippen LogP contribution in [0.5, 0.6) is 0 Å². The van der Waals surface area contributed by atoms with Crippen LogP contribution in [0, 0.1) is 5.82 Å². The van der Waals surface area contributed by atoms with E-state index in [1.165, 1.54) is 18.2 Å². The maximum atomic E-state index is 13.2. The lowest BCUT2D eigenvalue weighted by atomic mass is 10.3. The Bertz CT molecular complexity index is 440. The van der Waals surface area contributed by atoms with Crippen LogP contribution in [0.2, 0.25) is 0 Å². The lowest BCUT2D eigenvalue weighted by molar-refractivity contribution is -0.136. The summed E-state index contributed by atoms with van der Waals surface area (Å²) in [6, 6.07) is 3.47. The van der Waals surface area contributed by atoms with Crippen LogP contribution in [-0.4, -0.2) is 23.7 Å². The summed E-state index contributed by atoms with van der Waals surface area (Å²) < 4.78 is 13.8. The second-order valence-corrected chi connectivity index (χ2v) is 4.06. The van der Waals surface area contributed by atoms with E-state index in [-0.39, 0.29) is 18.7 Å². The maximum absolute atomic E-state index is 13.2. The van der Waals surface area contributed by atoms with Crippen molar-refractivity contribution in [1.82, 2.24) is 5.32 Å². The summed E-state index contributed by atoms with van der Waals surface area (Å²) in [4.78, 5) is 21.5. The van der Waals surface area contributed by atoms with E-state index in [1.807, 2.05) is 0 Å². The molecule has 0 atom stereocenters. The SMILES string of the molecule is O=C(O)CCNC(=O)Nc1cc(Br)ccc1F. The number of carbonyl (C=O) groups is 2. The third kappa shape index (κ3) is 4.81. The molecule has 0 aliphatic heterocycles. The molecule has 0 bridgehead atoms. The summed E-state index contributed by atoms with van der Waals surface area (Å²) in [5.74, 6) is -1.58. The van der Waals surface area contributed by atoms with Crippen molar-refractivity contribution in [2.75, 3.05) is 11.9 Å². The molecule has 0 saturated carbocycles. The zero-order chi connectivity index (χ0) is 12.8. The molecule has 0 aliphatic rings. The number of hydrogen-bond donors (Lipinski definition) is 3. The summed E-state index contributed by atoms with van der Waals surface area (Å²) in [5.41, 5.74) is 0.0206. The van der Waals surface area contributed by atoms with Gasteiger partial charge in [-0.1, -0.05) is 15.9 Å². The van der Waals surface area contributed by atoms with Gasteiger partial charge in [-0.25, -0.2) is 9.18 Å². The van der Waals surface area contributed by atoms with E-state index in [1.54, 1.807) is 0 Å². The molecule has 1 rings (SSSR count). The van der Waals surface area contributed by atoms with E-state index in [0.29, 0.717) is 4.47 Å². The number of anilines is 1. The van der Waals surface area contributed by atoms with Gasteiger partial charge in [0.2, 0.25) is 0 Å². The summed E-state index contributed by atoms with van der Waals surface area (Å²) in [5, 5.41) is 12.9. The van der Waals surface area contributed by atoms with Gasteiger partial charge >= 0.3 is 12.0 Å². The van der Waals surface area contributed by atoms with Crippen LogP contribution in [0.3, 0.4) is 0 Å². The van der Waals surface area contributed by atoms with Crippen LogP contribution < -0.4 is 10.6 Å². The first-order chi connectivity index (χ1) is 7.99. The number of urea groups is 1. The van der Waals surface area contributed by atoms with Crippen LogP contribution in [0.1, 0.15) is 6.42 Å². The van der Waals surface area contributed by atoms with Gasteiger partial charge in [0.15, 0.2) is 0 Å². The van der Waals surface area contributed by atoms with Gasteiger partial charge in [0.05, 0.1) is 12.1 Å². The highest BCUT2D eigenvalue weighted by molar-refractivity contribution is 9.10. The molecule has 2 amide bonds. The van der Waals surface area contributed by atoms with Crippen molar-refractivity contribution in [3.05, 3.63) is 28.5 Å². The zero-order valence-corrected chi connectivity index (χ0v) is 10.3. The smallest absolute Gasteiger partial charge is 0.319 e. The molecule has 0 fully saturated rings. The van der Waals surface area contributed by atoms with Gasteiger partial charge in [0.1, 0.15) is 5.82 Å². The van der Waals surface area contributed by atoms with Crippen LogP contribution in [0.4, 0.5) is 14.9 Å². The van der Waals surface area contributed by atoms with Crippen molar-refractivity contribution in [2.45, 2.75) is 6.42 Å². The number of amides is 2. The number of carbonyl (C=O) groups excluding carboxylic acids is 1. The minimum atomic E-state index is -1.01. The summed E-state index contributed by atoms with van der Waals surface area (Å²) in [6.45, 7) is -0.0171. The van der Waals surface area contributed by atoms with Gasteiger partial charge in [0, 0.05) is 11.0 Å². The number of nitrogens with one attached hydrogen (secondary N) is 2. The first-order valence-electron chi connectivity index (χ1n) is 4.70. The Hall–Kier alpha value is -1.63. The molecule has 0 aromatic heterocycles. The highest BCUT2D eigenvalue weighted by Gasteiger charge is 2.07. The number of halogens is 2. The van der Waals surface area contributed by atoms with Gasteiger partial charge in [-0.3, -0.25) is 4.79 Å². The third-order valence-corrected chi connectivity index (χ3v) is 2.29. The van der Waals surface area contributed by atoms with Crippen molar-refractivity contribution >= 4 is 33.6 Å². The molecule has 1 aromatic carbocycles. The lowest BCUT2D eigenvalue weighted by Gasteiger charge is -2.07. The fourth-order valence-corrected chi connectivity index (χ4v) is 1.40. The Morgan fingerprint density at radius 1 is 1.41 bits per heavy atom. The number of carboxylic acid groups (broad SMARTS) is 1. The van der Waals surface area contributed by atoms with Gasteiger partial charge < -0.3 is 15.7 Å².